The van der Waals surface area contributed by atoms with Crippen LogP contribution in [0.5, 0.6) is 0 Å². The van der Waals surface area contributed by atoms with Gasteiger partial charge in [0.2, 0.25) is 0 Å². The minimum absolute atomic E-state index is 0.0809. The number of morpholine rings is 1. The number of carboxylic acids is 1. The number of anilines is 1. The summed E-state index contributed by atoms with van der Waals surface area (Å²) in [6.45, 7) is 4.14. The highest BCUT2D eigenvalue weighted by molar-refractivity contribution is 5.97. The van der Waals surface area contributed by atoms with Gasteiger partial charge in [0.25, 0.3) is 0 Å². The molecule has 0 radical (unpaired) electrons. The van der Waals surface area contributed by atoms with Crippen molar-refractivity contribution < 1.29 is 14.6 Å². The number of para-hydroxylation sites is 1. The molecule has 0 spiro atoms. The van der Waals surface area contributed by atoms with Crippen molar-refractivity contribution in [3.05, 3.63) is 36.0 Å². The number of fused-ring (bicyclic) bond motifs is 1. The molecular weight excluding hydrogens is 256 g/mol. The fourth-order valence-corrected chi connectivity index (χ4v) is 2.59. The van der Waals surface area contributed by atoms with E-state index in [1.54, 1.807) is 6.07 Å². The Morgan fingerprint density at radius 1 is 1.45 bits per heavy atom. The molecule has 1 aliphatic heterocycles. The van der Waals surface area contributed by atoms with Crippen molar-refractivity contribution >= 4 is 22.6 Å². The average Bonchev–Trinajstić information content (AvgIpc) is 2.46. The third-order valence-electron chi connectivity index (χ3n) is 3.59. The second-order valence-electron chi connectivity index (χ2n) is 4.97. The second kappa shape index (κ2) is 5.09. The number of carboxylic acid groups (broad SMARTS) is 1. The Bertz CT molecular complexity index is 657. The number of nitrogens with zero attached hydrogens (tertiary/aromatic N) is 2. The zero-order valence-electron chi connectivity index (χ0n) is 11.2. The molecule has 1 aromatic heterocycles. The van der Waals surface area contributed by atoms with Gasteiger partial charge in [-0.25, -0.2) is 9.78 Å². The third kappa shape index (κ3) is 2.20. The summed E-state index contributed by atoms with van der Waals surface area (Å²) < 4.78 is 5.45. The molecule has 1 N–H and O–H groups in total. The van der Waals surface area contributed by atoms with Crippen LogP contribution in [-0.2, 0) is 4.74 Å². The van der Waals surface area contributed by atoms with Crippen LogP contribution in [0.3, 0.4) is 0 Å². The van der Waals surface area contributed by atoms with Gasteiger partial charge in [-0.3, -0.25) is 0 Å². The number of aromatic nitrogens is 1. The van der Waals surface area contributed by atoms with E-state index in [1.165, 1.54) is 0 Å². The SMILES string of the molecule is CC1COCCN1c1cc(C(=O)O)nc2ccccc12. The molecule has 2 aromatic rings. The highest BCUT2D eigenvalue weighted by Gasteiger charge is 2.22. The predicted molar refractivity (Wildman–Crippen MR) is 76.3 cm³/mol. The maximum absolute atomic E-state index is 11.3. The molecule has 5 heteroatoms. The van der Waals surface area contributed by atoms with Gasteiger partial charge in [-0.05, 0) is 19.1 Å². The van der Waals surface area contributed by atoms with E-state index >= 15 is 0 Å². The van der Waals surface area contributed by atoms with Gasteiger partial charge in [0.15, 0.2) is 5.69 Å². The van der Waals surface area contributed by atoms with E-state index in [-0.39, 0.29) is 11.7 Å². The Labute approximate surface area is 116 Å². The maximum atomic E-state index is 11.3. The van der Waals surface area contributed by atoms with Crippen LogP contribution in [0, 0.1) is 0 Å². The Morgan fingerprint density at radius 3 is 3.00 bits per heavy atom. The summed E-state index contributed by atoms with van der Waals surface area (Å²) in [4.78, 5) is 17.6. The summed E-state index contributed by atoms with van der Waals surface area (Å²) in [5, 5.41) is 10.2. The summed E-state index contributed by atoms with van der Waals surface area (Å²) in [6.07, 6.45) is 0. The van der Waals surface area contributed by atoms with Gasteiger partial charge in [-0.1, -0.05) is 18.2 Å². The Balaban J connectivity index is 2.18. The summed E-state index contributed by atoms with van der Waals surface area (Å²) in [7, 11) is 0. The molecule has 5 nitrogen and oxygen atoms in total. The van der Waals surface area contributed by atoms with Crippen molar-refractivity contribution in [2.24, 2.45) is 0 Å². The number of ether oxygens (including phenoxy) is 1. The van der Waals surface area contributed by atoms with E-state index in [2.05, 4.69) is 16.8 Å². The summed E-state index contributed by atoms with van der Waals surface area (Å²) in [5.41, 5.74) is 1.71. The van der Waals surface area contributed by atoms with Crippen LogP contribution in [0.4, 0.5) is 5.69 Å². The quantitative estimate of drug-likeness (QED) is 0.907. The zero-order valence-corrected chi connectivity index (χ0v) is 11.2. The fourth-order valence-electron chi connectivity index (χ4n) is 2.59. The number of carbonyl (C=O) groups is 1. The minimum atomic E-state index is -1.00. The van der Waals surface area contributed by atoms with E-state index in [9.17, 15) is 9.90 Å². The van der Waals surface area contributed by atoms with Gasteiger partial charge in [0, 0.05) is 23.7 Å². The van der Waals surface area contributed by atoms with E-state index in [4.69, 9.17) is 4.74 Å². The van der Waals surface area contributed by atoms with Gasteiger partial charge in [-0.2, -0.15) is 0 Å². The van der Waals surface area contributed by atoms with E-state index < -0.39 is 5.97 Å². The predicted octanol–water partition coefficient (Wildman–Crippen LogP) is 2.16. The van der Waals surface area contributed by atoms with Crippen LogP contribution in [0.1, 0.15) is 17.4 Å². The number of aromatic carboxylic acids is 1. The number of benzene rings is 1. The van der Waals surface area contributed by atoms with Crippen LogP contribution in [0.15, 0.2) is 30.3 Å². The van der Waals surface area contributed by atoms with Gasteiger partial charge in [0.1, 0.15) is 0 Å². The molecule has 1 fully saturated rings. The van der Waals surface area contributed by atoms with Crippen molar-refractivity contribution in [3.63, 3.8) is 0 Å². The molecule has 0 aliphatic carbocycles. The number of rotatable bonds is 2. The molecule has 0 bridgehead atoms. The van der Waals surface area contributed by atoms with Crippen LogP contribution in [0.2, 0.25) is 0 Å². The lowest BCUT2D eigenvalue weighted by Gasteiger charge is -2.36. The molecule has 1 aromatic carbocycles. The van der Waals surface area contributed by atoms with Gasteiger partial charge in [-0.15, -0.1) is 0 Å². The van der Waals surface area contributed by atoms with Gasteiger partial charge >= 0.3 is 5.97 Å². The van der Waals surface area contributed by atoms with Gasteiger partial charge < -0.3 is 14.7 Å². The van der Waals surface area contributed by atoms with Crippen LogP contribution in [0.25, 0.3) is 10.9 Å². The smallest absolute Gasteiger partial charge is 0.354 e. The largest absolute Gasteiger partial charge is 0.477 e. The Kier molecular flexibility index (Phi) is 3.28. The van der Waals surface area contributed by atoms with Crippen molar-refractivity contribution in [2.45, 2.75) is 13.0 Å². The van der Waals surface area contributed by atoms with Crippen molar-refractivity contribution in [2.75, 3.05) is 24.7 Å². The fraction of sp³-hybridized carbons (Fsp3) is 0.333. The first-order chi connectivity index (χ1) is 9.66. The highest BCUT2D eigenvalue weighted by Crippen LogP contribution is 2.29. The lowest BCUT2D eigenvalue weighted by Crippen LogP contribution is -2.43. The topological polar surface area (TPSA) is 62.7 Å². The van der Waals surface area contributed by atoms with E-state index in [1.807, 2.05) is 24.3 Å². The standard InChI is InChI=1S/C15H16N2O3/c1-10-9-20-7-6-17(10)14-8-13(15(18)19)16-12-5-3-2-4-11(12)14/h2-5,8,10H,6-7,9H2,1H3,(H,18,19). The number of hydrogen-bond acceptors (Lipinski definition) is 4. The Hall–Kier alpha value is -2.14. The minimum Gasteiger partial charge on any atom is -0.477 e. The van der Waals surface area contributed by atoms with E-state index in [0.717, 1.165) is 17.6 Å². The lowest BCUT2D eigenvalue weighted by molar-refractivity contribution is 0.0691. The molecule has 1 saturated heterocycles. The molecular formula is C15H16N2O3. The zero-order chi connectivity index (χ0) is 14.1. The molecule has 0 saturated carbocycles. The average molecular weight is 272 g/mol. The number of pyridine rings is 1. The second-order valence-corrected chi connectivity index (χ2v) is 4.97. The van der Waals surface area contributed by atoms with Gasteiger partial charge in [0.05, 0.1) is 18.7 Å². The monoisotopic (exact) mass is 272 g/mol. The van der Waals surface area contributed by atoms with Crippen LogP contribution >= 0.6 is 0 Å². The Morgan fingerprint density at radius 2 is 2.25 bits per heavy atom. The summed E-state index contributed by atoms with van der Waals surface area (Å²) in [6, 6.07) is 9.51. The first-order valence-electron chi connectivity index (χ1n) is 6.64. The highest BCUT2D eigenvalue weighted by atomic mass is 16.5. The molecule has 20 heavy (non-hydrogen) atoms. The van der Waals surface area contributed by atoms with Crippen molar-refractivity contribution in [1.29, 1.82) is 0 Å². The summed E-state index contributed by atoms with van der Waals surface area (Å²) >= 11 is 0. The molecule has 1 atom stereocenters. The molecule has 104 valence electrons. The summed E-state index contributed by atoms with van der Waals surface area (Å²) in [5.74, 6) is -1.00. The molecule has 0 amide bonds. The normalized spacial score (nSPS) is 19.2. The van der Waals surface area contributed by atoms with Crippen molar-refractivity contribution in [3.8, 4) is 0 Å². The number of hydrogen-bond donors (Lipinski definition) is 1. The van der Waals surface area contributed by atoms with E-state index in [0.29, 0.717) is 18.7 Å². The third-order valence-corrected chi connectivity index (χ3v) is 3.59. The molecule has 3 rings (SSSR count). The first kappa shape index (κ1) is 12.9. The lowest BCUT2D eigenvalue weighted by atomic mass is 10.1. The van der Waals surface area contributed by atoms with Crippen molar-refractivity contribution in [1.82, 2.24) is 4.98 Å². The molecule has 1 aliphatic rings. The van der Waals surface area contributed by atoms with Crippen LogP contribution in [-0.4, -0.2) is 41.9 Å². The molecule has 1 unspecified atom stereocenters. The maximum Gasteiger partial charge on any atom is 0.354 e. The molecule has 2 heterocycles. The first-order valence-corrected chi connectivity index (χ1v) is 6.64. The van der Waals surface area contributed by atoms with Crippen LogP contribution < -0.4 is 4.90 Å².